The number of aryl methyl sites for hydroxylation is 1. The number of amides is 2. The van der Waals surface area contributed by atoms with Crippen molar-refractivity contribution in [3.05, 3.63) is 94.5 Å². The van der Waals surface area contributed by atoms with Gasteiger partial charge in [-0.3, -0.25) is 13.9 Å². The van der Waals surface area contributed by atoms with Gasteiger partial charge in [-0.1, -0.05) is 65.7 Å². The summed E-state index contributed by atoms with van der Waals surface area (Å²) in [6, 6.07) is 20.2. The number of carbonyl (C=O) groups excluding carboxylic acids is 2. The standard InChI is InChI=1S/C29H34ClN3O4S/c1-5-31-29(35)23(4)32(19-18-24-10-7-6-8-11-24)28(34)20-33(27-13-9-12-26(30)22(27)3)38(36,37)25-16-14-21(2)15-17-25/h6-17,23H,5,18-20H2,1-4H3,(H,31,35)/t23-/m1/s1. The predicted molar refractivity (Wildman–Crippen MR) is 152 cm³/mol. The summed E-state index contributed by atoms with van der Waals surface area (Å²) in [5, 5.41) is 3.14. The van der Waals surface area contributed by atoms with Gasteiger partial charge >= 0.3 is 0 Å². The van der Waals surface area contributed by atoms with Crippen molar-refractivity contribution in [2.75, 3.05) is 23.9 Å². The molecule has 0 saturated carbocycles. The highest BCUT2D eigenvalue weighted by Gasteiger charge is 2.33. The van der Waals surface area contributed by atoms with Gasteiger partial charge in [-0.05, 0) is 69.5 Å². The fraction of sp³-hybridized carbons (Fsp3) is 0.310. The molecule has 7 nitrogen and oxygen atoms in total. The molecule has 3 aromatic carbocycles. The molecule has 9 heteroatoms. The molecule has 0 unspecified atom stereocenters. The smallest absolute Gasteiger partial charge is 0.264 e. The summed E-state index contributed by atoms with van der Waals surface area (Å²) in [5.74, 6) is -0.796. The molecule has 2 amide bonds. The molecule has 0 bridgehead atoms. The Morgan fingerprint density at radius 1 is 0.947 bits per heavy atom. The van der Waals surface area contributed by atoms with Crippen molar-refractivity contribution in [1.29, 1.82) is 0 Å². The Bertz CT molecular complexity index is 1360. The van der Waals surface area contributed by atoms with E-state index in [-0.39, 0.29) is 17.3 Å². The van der Waals surface area contributed by atoms with Crippen LogP contribution in [0.4, 0.5) is 5.69 Å². The van der Waals surface area contributed by atoms with Crippen molar-refractivity contribution in [3.63, 3.8) is 0 Å². The molecule has 0 radical (unpaired) electrons. The Kier molecular flexibility index (Phi) is 9.94. The van der Waals surface area contributed by atoms with E-state index in [1.807, 2.05) is 37.3 Å². The molecule has 1 N–H and O–H groups in total. The third kappa shape index (κ3) is 6.94. The molecule has 0 fully saturated rings. The van der Waals surface area contributed by atoms with Crippen molar-refractivity contribution >= 4 is 39.1 Å². The van der Waals surface area contributed by atoms with E-state index in [9.17, 15) is 18.0 Å². The first kappa shape index (κ1) is 29.2. The fourth-order valence-electron chi connectivity index (χ4n) is 4.11. The normalized spacial score (nSPS) is 12.0. The van der Waals surface area contributed by atoms with Crippen molar-refractivity contribution < 1.29 is 18.0 Å². The van der Waals surface area contributed by atoms with Crippen LogP contribution in [0.2, 0.25) is 5.02 Å². The lowest BCUT2D eigenvalue weighted by molar-refractivity contribution is -0.138. The van der Waals surface area contributed by atoms with Gasteiger partial charge in [0.25, 0.3) is 10.0 Å². The van der Waals surface area contributed by atoms with Crippen LogP contribution in [0.1, 0.15) is 30.5 Å². The highest BCUT2D eigenvalue weighted by Crippen LogP contribution is 2.31. The summed E-state index contributed by atoms with van der Waals surface area (Å²) in [4.78, 5) is 28.1. The van der Waals surface area contributed by atoms with Crippen LogP contribution in [0.5, 0.6) is 0 Å². The molecular weight excluding hydrogens is 522 g/mol. The number of carbonyl (C=O) groups is 2. The Balaban J connectivity index is 2.02. The van der Waals surface area contributed by atoms with Gasteiger partial charge < -0.3 is 10.2 Å². The maximum absolute atomic E-state index is 13.9. The second kappa shape index (κ2) is 12.9. The van der Waals surface area contributed by atoms with E-state index in [1.165, 1.54) is 17.0 Å². The molecule has 0 aliphatic rings. The maximum atomic E-state index is 13.9. The minimum absolute atomic E-state index is 0.0582. The molecule has 38 heavy (non-hydrogen) atoms. The van der Waals surface area contributed by atoms with Crippen LogP contribution in [-0.2, 0) is 26.0 Å². The molecule has 0 spiro atoms. The Morgan fingerprint density at radius 2 is 1.61 bits per heavy atom. The Hall–Kier alpha value is -3.36. The SMILES string of the molecule is CCNC(=O)[C@@H](C)N(CCc1ccccc1)C(=O)CN(c1cccc(Cl)c1C)S(=O)(=O)c1ccc(C)cc1. The van der Waals surface area contributed by atoms with Gasteiger partial charge in [-0.15, -0.1) is 0 Å². The monoisotopic (exact) mass is 555 g/mol. The van der Waals surface area contributed by atoms with E-state index in [2.05, 4.69) is 5.32 Å². The number of hydrogen-bond donors (Lipinski definition) is 1. The number of nitrogens with one attached hydrogen (secondary N) is 1. The topological polar surface area (TPSA) is 86.8 Å². The van der Waals surface area contributed by atoms with Crippen molar-refractivity contribution in [1.82, 2.24) is 10.2 Å². The van der Waals surface area contributed by atoms with E-state index in [0.717, 1.165) is 15.4 Å². The Labute approximate surface area is 230 Å². The number of likely N-dealkylation sites (N-methyl/N-ethyl adjacent to an activating group) is 1. The van der Waals surface area contributed by atoms with E-state index in [0.29, 0.717) is 29.2 Å². The summed E-state index contributed by atoms with van der Waals surface area (Å²) < 4.78 is 28.9. The molecule has 3 rings (SSSR count). The summed E-state index contributed by atoms with van der Waals surface area (Å²) >= 11 is 6.35. The Morgan fingerprint density at radius 3 is 2.24 bits per heavy atom. The zero-order valence-corrected chi connectivity index (χ0v) is 23.7. The maximum Gasteiger partial charge on any atom is 0.264 e. The molecule has 0 heterocycles. The second-order valence-corrected chi connectivity index (χ2v) is 11.4. The van der Waals surface area contributed by atoms with Crippen LogP contribution in [0.15, 0.2) is 77.7 Å². The lowest BCUT2D eigenvalue weighted by atomic mass is 10.1. The number of sulfonamides is 1. The number of halogens is 1. The third-order valence-electron chi connectivity index (χ3n) is 6.40. The fourth-order valence-corrected chi connectivity index (χ4v) is 5.75. The molecule has 1 atom stereocenters. The zero-order chi connectivity index (χ0) is 27.9. The molecule has 3 aromatic rings. The van der Waals surface area contributed by atoms with Crippen molar-refractivity contribution in [3.8, 4) is 0 Å². The first-order valence-corrected chi connectivity index (χ1v) is 14.3. The van der Waals surface area contributed by atoms with Crippen molar-refractivity contribution in [2.45, 2.75) is 45.1 Å². The van der Waals surface area contributed by atoms with Crippen LogP contribution in [-0.4, -0.2) is 50.8 Å². The molecule has 0 aromatic heterocycles. The number of rotatable bonds is 11. The van der Waals surface area contributed by atoms with Gasteiger partial charge in [0.15, 0.2) is 0 Å². The number of nitrogens with zero attached hydrogens (tertiary/aromatic N) is 2. The van der Waals surface area contributed by atoms with Gasteiger partial charge in [-0.2, -0.15) is 0 Å². The number of anilines is 1. The largest absolute Gasteiger partial charge is 0.355 e. The second-order valence-electron chi connectivity index (χ2n) is 9.10. The summed E-state index contributed by atoms with van der Waals surface area (Å²) in [5.41, 5.74) is 2.75. The summed E-state index contributed by atoms with van der Waals surface area (Å²) in [6.45, 7) is 7.20. The predicted octanol–water partition coefficient (Wildman–Crippen LogP) is 4.75. The minimum atomic E-state index is -4.14. The van der Waals surface area contributed by atoms with Gasteiger partial charge in [0.2, 0.25) is 11.8 Å². The van der Waals surface area contributed by atoms with E-state index >= 15 is 0 Å². The summed E-state index contributed by atoms with van der Waals surface area (Å²) in [6.07, 6.45) is 0.511. The van der Waals surface area contributed by atoms with Crippen LogP contribution in [0.3, 0.4) is 0 Å². The number of benzene rings is 3. The van der Waals surface area contributed by atoms with E-state index in [4.69, 9.17) is 11.6 Å². The quantitative estimate of drug-likeness (QED) is 0.370. The van der Waals surface area contributed by atoms with Crippen molar-refractivity contribution in [2.24, 2.45) is 0 Å². The van der Waals surface area contributed by atoms with E-state index in [1.54, 1.807) is 51.1 Å². The highest BCUT2D eigenvalue weighted by atomic mass is 35.5. The zero-order valence-electron chi connectivity index (χ0n) is 22.1. The molecular formula is C29H34ClN3O4S. The molecule has 0 saturated heterocycles. The van der Waals surface area contributed by atoms with Crippen LogP contribution < -0.4 is 9.62 Å². The molecule has 0 aliphatic carbocycles. The van der Waals surface area contributed by atoms with Gasteiger partial charge in [0.05, 0.1) is 10.6 Å². The average molecular weight is 556 g/mol. The van der Waals surface area contributed by atoms with Gasteiger partial charge in [-0.25, -0.2) is 8.42 Å². The average Bonchev–Trinajstić information content (AvgIpc) is 2.90. The lowest BCUT2D eigenvalue weighted by Crippen LogP contribution is -2.52. The van der Waals surface area contributed by atoms with Gasteiger partial charge in [0, 0.05) is 18.1 Å². The van der Waals surface area contributed by atoms with Crippen LogP contribution in [0.25, 0.3) is 0 Å². The first-order valence-electron chi connectivity index (χ1n) is 12.5. The third-order valence-corrected chi connectivity index (χ3v) is 8.58. The van der Waals surface area contributed by atoms with Crippen LogP contribution in [0, 0.1) is 13.8 Å². The van der Waals surface area contributed by atoms with Gasteiger partial charge in [0.1, 0.15) is 12.6 Å². The van der Waals surface area contributed by atoms with Crippen LogP contribution >= 0.6 is 11.6 Å². The summed E-state index contributed by atoms with van der Waals surface area (Å²) in [7, 11) is -4.14. The molecule has 0 aliphatic heterocycles. The first-order chi connectivity index (χ1) is 18.1. The highest BCUT2D eigenvalue weighted by molar-refractivity contribution is 7.92. The minimum Gasteiger partial charge on any atom is -0.355 e. The lowest BCUT2D eigenvalue weighted by Gasteiger charge is -2.32. The van der Waals surface area contributed by atoms with E-state index < -0.39 is 28.5 Å². The molecule has 202 valence electrons. The number of hydrogen-bond acceptors (Lipinski definition) is 4.